The van der Waals surface area contributed by atoms with E-state index in [1.54, 1.807) is 0 Å². The van der Waals surface area contributed by atoms with Crippen LogP contribution in [0.15, 0.2) is 6.20 Å². The molecule has 0 aliphatic rings. The average molecular weight is 195 g/mol. The third-order valence-corrected chi connectivity index (χ3v) is 2.55. The monoisotopic (exact) mass is 195 g/mol. The van der Waals surface area contributed by atoms with Gasteiger partial charge in [-0.1, -0.05) is 19.8 Å². The second kappa shape index (κ2) is 5.81. The Balaban J connectivity index is 2.51. The molecule has 0 aliphatic heterocycles. The molecular formula is C11H21N3. The molecule has 1 N–H and O–H groups in total. The van der Waals surface area contributed by atoms with Crippen LogP contribution in [0.5, 0.6) is 0 Å². The Morgan fingerprint density at radius 2 is 2.21 bits per heavy atom. The molecule has 3 nitrogen and oxygen atoms in total. The lowest BCUT2D eigenvalue weighted by atomic mass is 10.2. The number of nitrogens with zero attached hydrogens (tertiary/aromatic N) is 2. The summed E-state index contributed by atoms with van der Waals surface area (Å²) in [7, 11) is 1.97. The first-order valence-corrected chi connectivity index (χ1v) is 5.45. The van der Waals surface area contributed by atoms with Crippen LogP contribution >= 0.6 is 0 Å². The molecule has 1 aromatic heterocycles. The van der Waals surface area contributed by atoms with Gasteiger partial charge in [-0.25, -0.2) is 0 Å². The summed E-state index contributed by atoms with van der Waals surface area (Å²) < 4.78 is 2.11. The SMILES string of the molecule is CCCCCn1ncc(CNC)c1C. The van der Waals surface area contributed by atoms with Gasteiger partial charge in [-0.3, -0.25) is 4.68 Å². The van der Waals surface area contributed by atoms with Crippen LogP contribution in [-0.2, 0) is 13.1 Å². The normalized spacial score (nSPS) is 10.8. The van der Waals surface area contributed by atoms with Gasteiger partial charge in [0.05, 0.1) is 6.20 Å². The Bertz CT molecular complexity index is 265. The Morgan fingerprint density at radius 1 is 1.43 bits per heavy atom. The highest BCUT2D eigenvalue weighted by atomic mass is 15.3. The molecule has 0 radical (unpaired) electrons. The summed E-state index contributed by atoms with van der Waals surface area (Å²) in [6, 6.07) is 0. The Labute approximate surface area is 86.5 Å². The second-order valence-electron chi connectivity index (χ2n) is 3.72. The molecule has 0 saturated heterocycles. The van der Waals surface area contributed by atoms with Crippen molar-refractivity contribution in [1.29, 1.82) is 0 Å². The Kier molecular flexibility index (Phi) is 4.66. The fourth-order valence-electron chi connectivity index (χ4n) is 1.59. The third-order valence-electron chi connectivity index (χ3n) is 2.55. The lowest BCUT2D eigenvalue weighted by Gasteiger charge is -2.04. The molecule has 0 saturated carbocycles. The van der Waals surface area contributed by atoms with E-state index in [9.17, 15) is 0 Å². The third kappa shape index (κ3) is 2.84. The van der Waals surface area contributed by atoms with Crippen molar-refractivity contribution < 1.29 is 0 Å². The topological polar surface area (TPSA) is 29.9 Å². The highest BCUT2D eigenvalue weighted by Crippen LogP contribution is 2.08. The number of hydrogen-bond donors (Lipinski definition) is 1. The van der Waals surface area contributed by atoms with Crippen LogP contribution < -0.4 is 5.32 Å². The van der Waals surface area contributed by atoms with Crippen molar-refractivity contribution in [2.24, 2.45) is 0 Å². The number of unbranched alkanes of at least 4 members (excludes halogenated alkanes) is 2. The van der Waals surface area contributed by atoms with Crippen LogP contribution in [0.3, 0.4) is 0 Å². The van der Waals surface area contributed by atoms with Crippen molar-refractivity contribution in [2.45, 2.75) is 46.2 Å². The van der Waals surface area contributed by atoms with Gasteiger partial charge in [0.1, 0.15) is 0 Å². The lowest BCUT2D eigenvalue weighted by molar-refractivity contribution is 0.541. The van der Waals surface area contributed by atoms with E-state index in [0.29, 0.717) is 0 Å². The van der Waals surface area contributed by atoms with E-state index in [4.69, 9.17) is 0 Å². The van der Waals surface area contributed by atoms with Gasteiger partial charge in [0.25, 0.3) is 0 Å². The van der Waals surface area contributed by atoms with Crippen LogP contribution in [-0.4, -0.2) is 16.8 Å². The molecule has 0 aromatic carbocycles. The van der Waals surface area contributed by atoms with Gasteiger partial charge in [0.2, 0.25) is 0 Å². The minimum atomic E-state index is 0.916. The first-order valence-electron chi connectivity index (χ1n) is 5.45. The molecular weight excluding hydrogens is 174 g/mol. The van der Waals surface area contributed by atoms with Crippen molar-refractivity contribution in [3.05, 3.63) is 17.5 Å². The summed E-state index contributed by atoms with van der Waals surface area (Å²) in [5.41, 5.74) is 2.61. The molecule has 0 amide bonds. The van der Waals surface area contributed by atoms with E-state index in [0.717, 1.165) is 13.1 Å². The molecule has 14 heavy (non-hydrogen) atoms. The number of aromatic nitrogens is 2. The van der Waals surface area contributed by atoms with Crippen LogP contribution in [0.2, 0.25) is 0 Å². The van der Waals surface area contributed by atoms with Crippen LogP contribution in [0.25, 0.3) is 0 Å². The highest BCUT2D eigenvalue weighted by molar-refractivity contribution is 5.15. The standard InChI is InChI=1S/C11H21N3/c1-4-5-6-7-14-10(2)11(8-12-3)9-13-14/h9,12H,4-8H2,1-3H3. The summed E-state index contributed by atoms with van der Waals surface area (Å²) >= 11 is 0. The maximum Gasteiger partial charge on any atom is 0.0537 e. The largest absolute Gasteiger partial charge is 0.316 e. The van der Waals surface area contributed by atoms with Crippen molar-refractivity contribution in [3.8, 4) is 0 Å². The summed E-state index contributed by atoms with van der Waals surface area (Å²) in [6.45, 7) is 6.34. The van der Waals surface area contributed by atoms with E-state index in [2.05, 4.69) is 28.9 Å². The van der Waals surface area contributed by atoms with Gasteiger partial charge in [-0.05, 0) is 20.4 Å². The molecule has 3 heteroatoms. The molecule has 0 unspecified atom stereocenters. The van der Waals surface area contributed by atoms with Crippen molar-refractivity contribution >= 4 is 0 Å². The first kappa shape index (κ1) is 11.2. The number of nitrogens with one attached hydrogen (secondary N) is 1. The molecule has 1 rings (SSSR count). The molecule has 0 aliphatic carbocycles. The molecule has 80 valence electrons. The minimum Gasteiger partial charge on any atom is -0.316 e. The van der Waals surface area contributed by atoms with Gasteiger partial charge >= 0.3 is 0 Å². The first-order chi connectivity index (χ1) is 6.79. The Hall–Kier alpha value is -0.830. The summed E-state index contributed by atoms with van der Waals surface area (Å²) in [5.74, 6) is 0. The fraction of sp³-hybridized carbons (Fsp3) is 0.727. The summed E-state index contributed by atoms with van der Waals surface area (Å²) in [6.07, 6.45) is 5.76. The number of hydrogen-bond acceptors (Lipinski definition) is 2. The van der Waals surface area contributed by atoms with Crippen molar-refractivity contribution in [1.82, 2.24) is 15.1 Å². The molecule has 1 heterocycles. The smallest absolute Gasteiger partial charge is 0.0537 e. The summed E-state index contributed by atoms with van der Waals surface area (Å²) in [5, 5.41) is 7.53. The van der Waals surface area contributed by atoms with E-state index >= 15 is 0 Å². The average Bonchev–Trinajstić information content (AvgIpc) is 2.51. The zero-order valence-corrected chi connectivity index (χ0v) is 9.51. The van der Waals surface area contributed by atoms with Crippen LogP contribution in [0.1, 0.15) is 37.4 Å². The van der Waals surface area contributed by atoms with E-state index in [-0.39, 0.29) is 0 Å². The zero-order valence-electron chi connectivity index (χ0n) is 9.51. The molecule has 0 bridgehead atoms. The number of rotatable bonds is 6. The van der Waals surface area contributed by atoms with Gasteiger partial charge < -0.3 is 5.32 Å². The van der Waals surface area contributed by atoms with Crippen LogP contribution in [0.4, 0.5) is 0 Å². The predicted octanol–water partition coefficient (Wildman–Crippen LogP) is 2.10. The van der Waals surface area contributed by atoms with Crippen molar-refractivity contribution in [3.63, 3.8) is 0 Å². The molecule has 0 atom stereocenters. The van der Waals surface area contributed by atoms with Crippen molar-refractivity contribution in [2.75, 3.05) is 7.05 Å². The van der Waals surface area contributed by atoms with Gasteiger partial charge in [-0.2, -0.15) is 5.10 Å². The second-order valence-corrected chi connectivity index (χ2v) is 3.72. The van der Waals surface area contributed by atoms with Gasteiger partial charge in [0.15, 0.2) is 0 Å². The summed E-state index contributed by atoms with van der Waals surface area (Å²) in [4.78, 5) is 0. The molecule has 0 spiro atoms. The highest BCUT2D eigenvalue weighted by Gasteiger charge is 2.04. The number of aryl methyl sites for hydroxylation is 1. The maximum absolute atomic E-state index is 4.38. The zero-order chi connectivity index (χ0) is 10.4. The predicted molar refractivity (Wildman–Crippen MR) is 59.3 cm³/mol. The lowest BCUT2D eigenvalue weighted by Crippen LogP contribution is -2.07. The molecule has 1 aromatic rings. The van der Waals surface area contributed by atoms with Gasteiger partial charge in [0, 0.05) is 24.3 Å². The van der Waals surface area contributed by atoms with Gasteiger partial charge in [-0.15, -0.1) is 0 Å². The van der Waals surface area contributed by atoms with E-state index < -0.39 is 0 Å². The van der Waals surface area contributed by atoms with Crippen LogP contribution in [0, 0.1) is 6.92 Å². The minimum absolute atomic E-state index is 0.916. The Morgan fingerprint density at radius 3 is 2.86 bits per heavy atom. The maximum atomic E-state index is 4.38. The van der Waals surface area contributed by atoms with E-state index in [1.807, 2.05) is 13.2 Å². The fourth-order valence-corrected chi connectivity index (χ4v) is 1.59. The van der Waals surface area contributed by atoms with E-state index in [1.165, 1.54) is 30.5 Å². The molecule has 0 fully saturated rings. The quantitative estimate of drug-likeness (QED) is 0.704.